The minimum Gasteiger partial charge on any atom is -0.125 e. The molecule has 0 nitrogen and oxygen atoms in total. The molecule has 1 fully saturated rings. The zero-order valence-electron chi connectivity index (χ0n) is 3.99. The highest BCUT2D eigenvalue weighted by molar-refractivity contribution is 9.91. The van der Waals surface area contributed by atoms with E-state index in [2.05, 4.69) is 29.6 Å². The van der Waals surface area contributed by atoms with E-state index in [-0.39, 0.29) is 0 Å². The van der Waals surface area contributed by atoms with Gasteiger partial charge >= 0.3 is 0 Å². The van der Waals surface area contributed by atoms with Crippen molar-refractivity contribution in [3.05, 3.63) is 0 Å². The summed E-state index contributed by atoms with van der Waals surface area (Å²) in [6, 6.07) is 0. The Hall–Kier alpha value is 1.31. The third kappa shape index (κ3) is 1.94. The SMILES string of the molecule is BrS1(Br)CCCC1. The number of hydrogen-bond donors (Lipinski definition) is 0. The van der Waals surface area contributed by atoms with Crippen LogP contribution in [-0.2, 0) is 0 Å². The van der Waals surface area contributed by atoms with Crippen molar-refractivity contribution in [1.82, 2.24) is 0 Å². The van der Waals surface area contributed by atoms with Crippen LogP contribution in [0.3, 0.4) is 0 Å². The number of rotatable bonds is 0. The minimum atomic E-state index is -0.421. The van der Waals surface area contributed by atoms with Crippen molar-refractivity contribution in [2.24, 2.45) is 0 Å². The monoisotopic (exact) mass is 246 g/mol. The largest absolute Gasteiger partial charge is 0.125 e. The summed E-state index contributed by atoms with van der Waals surface area (Å²) in [4.78, 5) is 0. The Morgan fingerprint density at radius 3 is 1.57 bits per heavy atom. The van der Waals surface area contributed by atoms with Gasteiger partial charge in [-0.1, -0.05) is 0 Å². The summed E-state index contributed by atoms with van der Waals surface area (Å²) in [6.45, 7) is -0.421. The normalized spacial score (nSPS) is 32.9. The zero-order chi connectivity index (χ0) is 5.33. The molecule has 1 saturated heterocycles. The summed E-state index contributed by atoms with van der Waals surface area (Å²) in [5, 5.41) is 0. The summed E-state index contributed by atoms with van der Waals surface area (Å²) in [5.74, 6) is 2.74. The van der Waals surface area contributed by atoms with Gasteiger partial charge in [-0.05, 0) is 54.0 Å². The molecule has 0 radical (unpaired) electrons. The quantitative estimate of drug-likeness (QED) is 0.617. The maximum Gasteiger partial charge on any atom is -0.00421 e. The molecule has 0 spiro atoms. The van der Waals surface area contributed by atoms with Gasteiger partial charge in [-0.3, -0.25) is 0 Å². The molecule has 1 aliphatic rings. The Bertz CT molecular complexity index is 64.1. The van der Waals surface area contributed by atoms with Crippen molar-refractivity contribution in [2.75, 3.05) is 11.5 Å². The molecule has 0 aromatic heterocycles. The lowest BCUT2D eigenvalue weighted by Gasteiger charge is -2.15. The standard InChI is InChI=1S/C4H8Br2S/c5-7(6)3-1-2-4-7/h1-4H2. The van der Waals surface area contributed by atoms with Crippen molar-refractivity contribution >= 4 is 36.5 Å². The van der Waals surface area contributed by atoms with Crippen LogP contribution in [0.4, 0.5) is 0 Å². The predicted molar refractivity (Wildman–Crippen MR) is 44.4 cm³/mol. The van der Waals surface area contributed by atoms with Crippen molar-refractivity contribution in [3.8, 4) is 0 Å². The molecule has 3 heteroatoms. The Kier molecular flexibility index (Phi) is 2.09. The lowest BCUT2D eigenvalue weighted by atomic mass is 10.4. The van der Waals surface area contributed by atoms with E-state index in [1.807, 2.05) is 0 Å². The Morgan fingerprint density at radius 1 is 1.00 bits per heavy atom. The summed E-state index contributed by atoms with van der Waals surface area (Å²) >= 11 is 7.28. The third-order valence-electron chi connectivity index (χ3n) is 1.14. The van der Waals surface area contributed by atoms with Gasteiger partial charge in [0.25, 0.3) is 0 Å². The second-order valence-electron chi connectivity index (χ2n) is 1.81. The van der Waals surface area contributed by atoms with E-state index in [4.69, 9.17) is 0 Å². The molecule has 0 unspecified atom stereocenters. The molecular formula is C4H8Br2S. The van der Waals surface area contributed by atoms with Gasteiger partial charge in [0.1, 0.15) is 0 Å². The molecule has 1 rings (SSSR count). The van der Waals surface area contributed by atoms with Gasteiger partial charge < -0.3 is 0 Å². The number of halogens is 2. The van der Waals surface area contributed by atoms with Crippen LogP contribution < -0.4 is 0 Å². The molecule has 7 heavy (non-hydrogen) atoms. The smallest absolute Gasteiger partial charge is 0.00421 e. The van der Waals surface area contributed by atoms with Crippen molar-refractivity contribution in [3.63, 3.8) is 0 Å². The molecule has 0 N–H and O–H groups in total. The maximum atomic E-state index is 3.64. The van der Waals surface area contributed by atoms with Crippen LogP contribution in [0.15, 0.2) is 0 Å². The Labute approximate surface area is 60.8 Å². The average Bonchev–Trinajstić information content (AvgIpc) is 1.84. The maximum absolute atomic E-state index is 3.64. The highest BCUT2D eigenvalue weighted by Crippen LogP contribution is 2.66. The fourth-order valence-electron chi connectivity index (χ4n) is 0.729. The second kappa shape index (κ2) is 2.28. The van der Waals surface area contributed by atoms with E-state index in [0.29, 0.717) is 0 Å². The van der Waals surface area contributed by atoms with E-state index in [9.17, 15) is 0 Å². The van der Waals surface area contributed by atoms with Crippen LogP contribution in [0.1, 0.15) is 12.8 Å². The molecule has 1 aliphatic heterocycles. The minimum absolute atomic E-state index is 0.421. The van der Waals surface area contributed by atoms with Crippen molar-refractivity contribution in [2.45, 2.75) is 12.8 Å². The van der Waals surface area contributed by atoms with E-state index < -0.39 is 6.89 Å². The first-order valence-electron chi connectivity index (χ1n) is 2.39. The van der Waals surface area contributed by atoms with Crippen LogP contribution >= 0.6 is 36.5 Å². The molecule has 0 aromatic carbocycles. The second-order valence-corrected chi connectivity index (χ2v) is 14.1. The van der Waals surface area contributed by atoms with E-state index in [1.54, 1.807) is 0 Å². The Balaban J connectivity index is 2.40. The van der Waals surface area contributed by atoms with Gasteiger partial charge in [0.05, 0.1) is 0 Å². The van der Waals surface area contributed by atoms with Crippen LogP contribution in [0.5, 0.6) is 0 Å². The summed E-state index contributed by atoms with van der Waals surface area (Å²) < 4.78 is 0. The first-order chi connectivity index (χ1) is 3.21. The first-order valence-corrected chi connectivity index (χ1v) is 8.04. The average molecular weight is 248 g/mol. The summed E-state index contributed by atoms with van der Waals surface area (Å²) in [6.07, 6.45) is 2.82. The van der Waals surface area contributed by atoms with Gasteiger partial charge in [-0.15, -0.1) is 6.89 Å². The van der Waals surface area contributed by atoms with Crippen molar-refractivity contribution in [1.29, 1.82) is 0 Å². The fraction of sp³-hybridized carbons (Fsp3) is 1.00. The van der Waals surface area contributed by atoms with Gasteiger partial charge in [0.2, 0.25) is 0 Å². The molecule has 0 bridgehead atoms. The lowest BCUT2D eigenvalue weighted by molar-refractivity contribution is 0.949. The molecule has 0 aromatic rings. The molecule has 0 aliphatic carbocycles. The molecular weight excluding hydrogens is 240 g/mol. The van der Waals surface area contributed by atoms with Gasteiger partial charge in [-0.25, -0.2) is 0 Å². The Morgan fingerprint density at radius 2 is 1.43 bits per heavy atom. The van der Waals surface area contributed by atoms with Gasteiger partial charge in [-0.2, -0.15) is 0 Å². The van der Waals surface area contributed by atoms with Gasteiger partial charge in [0.15, 0.2) is 0 Å². The molecule has 0 amide bonds. The van der Waals surface area contributed by atoms with Gasteiger partial charge in [0, 0.05) is 0 Å². The number of hydrogen-bond acceptors (Lipinski definition) is 0. The topological polar surface area (TPSA) is 0 Å². The summed E-state index contributed by atoms with van der Waals surface area (Å²) in [7, 11) is 0. The molecule has 0 saturated carbocycles. The van der Waals surface area contributed by atoms with E-state index in [1.165, 1.54) is 24.3 Å². The molecule has 0 atom stereocenters. The zero-order valence-corrected chi connectivity index (χ0v) is 7.98. The molecule has 44 valence electrons. The van der Waals surface area contributed by atoms with E-state index in [0.717, 1.165) is 0 Å². The van der Waals surface area contributed by atoms with E-state index >= 15 is 0 Å². The van der Waals surface area contributed by atoms with Crippen LogP contribution in [0.2, 0.25) is 0 Å². The third-order valence-corrected chi connectivity index (χ3v) is 6.79. The van der Waals surface area contributed by atoms with Crippen LogP contribution in [0, 0.1) is 0 Å². The highest BCUT2D eigenvalue weighted by atomic mass is 79.9. The highest BCUT2D eigenvalue weighted by Gasteiger charge is 2.20. The fourth-order valence-corrected chi connectivity index (χ4v) is 4.93. The first kappa shape index (κ1) is 6.43. The lowest BCUT2D eigenvalue weighted by Crippen LogP contribution is -1.76. The molecule has 1 heterocycles. The predicted octanol–water partition coefficient (Wildman–Crippen LogP) is 3.20. The van der Waals surface area contributed by atoms with Crippen molar-refractivity contribution < 1.29 is 0 Å². The van der Waals surface area contributed by atoms with Crippen LogP contribution in [0.25, 0.3) is 0 Å². The van der Waals surface area contributed by atoms with Crippen LogP contribution in [-0.4, -0.2) is 11.5 Å². The summed E-state index contributed by atoms with van der Waals surface area (Å²) in [5.41, 5.74) is 0.